The fraction of sp³-hybridized carbons (Fsp3) is 0.500. The van der Waals surface area contributed by atoms with Gasteiger partial charge in [0.15, 0.2) is 5.82 Å². The van der Waals surface area contributed by atoms with Gasteiger partial charge in [0, 0.05) is 48.0 Å². The van der Waals surface area contributed by atoms with Gasteiger partial charge in [-0.05, 0) is 81.6 Å². The van der Waals surface area contributed by atoms with E-state index in [4.69, 9.17) is 27.1 Å². The quantitative estimate of drug-likeness (QED) is 0.194. The number of piperidine rings is 2. The number of ether oxygens (including phenoxy) is 1. The van der Waals surface area contributed by atoms with Gasteiger partial charge in [-0.2, -0.15) is 15.2 Å². The maximum absolute atomic E-state index is 16.9. The molecule has 1 saturated carbocycles. The molecular weight excluding hydrogens is 630 g/mol. The van der Waals surface area contributed by atoms with Crippen molar-refractivity contribution in [2.75, 3.05) is 56.6 Å². The van der Waals surface area contributed by atoms with Crippen LogP contribution in [0.25, 0.3) is 32.1 Å². The average Bonchev–Trinajstić information content (AvgIpc) is 3.73. The van der Waals surface area contributed by atoms with Crippen molar-refractivity contribution in [1.82, 2.24) is 14.9 Å². The molecule has 242 valence electrons. The van der Waals surface area contributed by atoms with Crippen LogP contribution in [0.5, 0.6) is 6.01 Å². The van der Waals surface area contributed by atoms with E-state index in [0.29, 0.717) is 37.3 Å². The number of hydrogen-bond donors (Lipinski definition) is 2. The van der Waals surface area contributed by atoms with Gasteiger partial charge in [-0.15, -0.1) is 11.3 Å². The van der Waals surface area contributed by atoms with Crippen molar-refractivity contribution < 1.29 is 18.6 Å². The second-order valence-electron chi connectivity index (χ2n) is 13.1. The van der Waals surface area contributed by atoms with E-state index >= 15 is 4.39 Å². The highest BCUT2D eigenvalue weighted by atomic mass is 35.5. The number of rotatable bonds is 9. The van der Waals surface area contributed by atoms with Gasteiger partial charge < -0.3 is 25.4 Å². The third-order valence-corrected chi connectivity index (χ3v) is 11.2. The Morgan fingerprint density at radius 3 is 2.70 bits per heavy atom. The van der Waals surface area contributed by atoms with E-state index in [9.17, 15) is 14.8 Å². The van der Waals surface area contributed by atoms with E-state index in [1.807, 2.05) is 0 Å². The van der Waals surface area contributed by atoms with Crippen LogP contribution < -0.4 is 15.4 Å². The largest absolute Gasteiger partial charge is 0.463 e. The number of fused-ring (bicyclic) bond motifs is 2. The Bertz CT molecular complexity index is 1830. The van der Waals surface area contributed by atoms with E-state index < -0.39 is 11.6 Å². The van der Waals surface area contributed by atoms with Crippen LogP contribution in [0.3, 0.4) is 0 Å². The molecule has 2 aromatic carbocycles. The number of aromatic nitrogens is 2. The van der Waals surface area contributed by atoms with Crippen LogP contribution in [0, 0.1) is 34.3 Å². The van der Waals surface area contributed by atoms with Crippen LogP contribution in [0.2, 0.25) is 5.02 Å². The van der Waals surface area contributed by atoms with Gasteiger partial charge in [0.05, 0.1) is 21.9 Å². The summed E-state index contributed by atoms with van der Waals surface area (Å²) in [5.74, 6) is -0.433. The fourth-order valence-corrected chi connectivity index (χ4v) is 8.47. The molecule has 4 aromatic rings. The van der Waals surface area contributed by atoms with E-state index in [-0.39, 0.29) is 66.3 Å². The van der Waals surface area contributed by atoms with Crippen molar-refractivity contribution in [2.45, 2.75) is 51.4 Å². The Hall–Kier alpha value is -3.30. The SMILES string of the molecule is N#Cc1c(N)sc2c(F)ccc(-c3c(Cl)cc4c(N5CCC[C@H](CCO)C5)nc(OCC5(CN6CCCCC6)CC5)nc4c3F)c12. The molecule has 12 heteroatoms. The summed E-state index contributed by atoms with van der Waals surface area (Å²) in [6, 6.07) is 6.48. The zero-order valence-corrected chi connectivity index (χ0v) is 27.2. The molecule has 7 rings (SSSR count). The van der Waals surface area contributed by atoms with Crippen LogP contribution in [0.1, 0.15) is 56.9 Å². The second-order valence-corrected chi connectivity index (χ2v) is 14.6. The molecule has 2 aromatic heterocycles. The summed E-state index contributed by atoms with van der Waals surface area (Å²) in [5, 5.41) is 20.4. The first kappa shape index (κ1) is 31.3. The number of nitrogens with two attached hydrogens (primary N) is 1. The van der Waals surface area contributed by atoms with Gasteiger partial charge in [0.1, 0.15) is 28.2 Å². The van der Waals surface area contributed by atoms with E-state index in [1.165, 1.54) is 31.4 Å². The molecule has 0 spiro atoms. The first-order valence-electron chi connectivity index (χ1n) is 16.1. The van der Waals surface area contributed by atoms with E-state index in [0.717, 1.165) is 56.7 Å². The number of likely N-dealkylation sites (tertiary alicyclic amines) is 1. The molecule has 0 unspecified atom stereocenters. The molecule has 0 bridgehead atoms. The second kappa shape index (κ2) is 12.7. The van der Waals surface area contributed by atoms with Gasteiger partial charge in [-0.25, -0.2) is 8.78 Å². The van der Waals surface area contributed by atoms with Crippen molar-refractivity contribution in [1.29, 1.82) is 5.26 Å². The lowest BCUT2D eigenvalue weighted by molar-refractivity contribution is 0.139. The molecule has 3 N–H and O–H groups in total. The van der Waals surface area contributed by atoms with Crippen molar-refractivity contribution in [3.63, 3.8) is 0 Å². The number of aliphatic hydroxyl groups excluding tert-OH is 1. The number of benzene rings is 2. The monoisotopic (exact) mass is 666 g/mol. The predicted octanol–water partition coefficient (Wildman–Crippen LogP) is 7.14. The minimum Gasteiger partial charge on any atom is -0.463 e. The Morgan fingerprint density at radius 1 is 1.15 bits per heavy atom. The standard InChI is InChI=1S/C34H37ClF2N6O2S/c35-24-15-22-29(28(37)27(24)21-6-7-25(36)30-26(21)23(16-38)31(39)46-30)40-33(41-32(22)43-13-4-5-20(17-43)8-14-44)45-19-34(9-10-34)18-42-11-2-1-3-12-42/h6-7,15,20,44H,1-5,8-14,17-19,39H2/t20-/m1/s1. The molecular formula is C34H37ClF2N6O2S. The van der Waals surface area contributed by atoms with Crippen molar-refractivity contribution in [3.05, 3.63) is 40.4 Å². The summed E-state index contributed by atoms with van der Waals surface area (Å²) in [6.07, 6.45) is 8.43. The smallest absolute Gasteiger partial charge is 0.319 e. The molecule has 1 atom stereocenters. The van der Waals surface area contributed by atoms with Crippen LogP contribution in [-0.4, -0.2) is 65.9 Å². The van der Waals surface area contributed by atoms with Gasteiger partial charge in [0.25, 0.3) is 0 Å². The predicted molar refractivity (Wildman–Crippen MR) is 179 cm³/mol. The maximum atomic E-state index is 16.9. The highest BCUT2D eigenvalue weighted by Gasteiger charge is 2.45. The number of nitriles is 1. The first-order valence-corrected chi connectivity index (χ1v) is 17.3. The Morgan fingerprint density at radius 2 is 1.96 bits per heavy atom. The Balaban J connectivity index is 1.33. The molecule has 3 fully saturated rings. The molecule has 2 aliphatic heterocycles. The van der Waals surface area contributed by atoms with Gasteiger partial charge in [-0.1, -0.05) is 24.1 Å². The minimum atomic E-state index is -0.698. The molecule has 0 radical (unpaired) electrons. The van der Waals surface area contributed by atoms with E-state index in [1.54, 1.807) is 6.07 Å². The molecule has 8 nitrogen and oxygen atoms in total. The molecule has 3 aliphatic rings. The minimum absolute atomic E-state index is 0.0182. The highest BCUT2D eigenvalue weighted by Crippen LogP contribution is 2.48. The average molecular weight is 667 g/mol. The summed E-state index contributed by atoms with van der Waals surface area (Å²) in [4.78, 5) is 14.1. The lowest BCUT2D eigenvalue weighted by Gasteiger charge is -2.34. The molecule has 46 heavy (non-hydrogen) atoms. The summed E-state index contributed by atoms with van der Waals surface area (Å²) >= 11 is 7.80. The highest BCUT2D eigenvalue weighted by molar-refractivity contribution is 7.23. The van der Waals surface area contributed by atoms with Gasteiger partial charge >= 0.3 is 6.01 Å². The summed E-state index contributed by atoms with van der Waals surface area (Å²) in [5.41, 5.74) is 6.54. The van der Waals surface area contributed by atoms with E-state index in [2.05, 4.69) is 20.9 Å². The van der Waals surface area contributed by atoms with Crippen LogP contribution in [0.4, 0.5) is 19.6 Å². The number of halogens is 3. The lowest BCUT2D eigenvalue weighted by atomic mass is 9.94. The number of anilines is 2. The van der Waals surface area contributed by atoms with Crippen LogP contribution >= 0.6 is 22.9 Å². The first-order chi connectivity index (χ1) is 22.3. The summed E-state index contributed by atoms with van der Waals surface area (Å²) in [6.45, 7) is 5.11. The summed E-state index contributed by atoms with van der Waals surface area (Å²) in [7, 11) is 0. The van der Waals surface area contributed by atoms with Crippen LogP contribution in [-0.2, 0) is 0 Å². The Kier molecular flexibility index (Phi) is 8.66. The maximum Gasteiger partial charge on any atom is 0.319 e. The lowest BCUT2D eigenvalue weighted by Crippen LogP contribution is -2.37. The molecule has 1 aliphatic carbocycles. The normalized spacial score (nSPS) is 19.9. The third-order valence-electron chi connectivity index (χ3n) is 9.87. The number of nitrogens with zero attached hydrogens (tertiary/aromatic N) is 5. The topological polar surface area (TPSA) is 112 Å². The summed E-state index contributed by atoms with van der Waals surface area (Å²) < 4.78 is 38.3. The van der Waals surface area contributed by atoms with Crippen molar-refractivity contribution in [3.8, 4) is 23.2 Å². The zero-order chi connectivity index (χ0) is 32.0. The number of hydrogen-bond acceptors (Lipinski definition) is 9. The molecule has 4 heterocycles. The zero-order valence-electron chi connectivity index (χ0n) is 25.6. The number of thiophene rings is 1. The number of aliphatic hydroxyl groups is 1. The van der Waals surface area contributed by atoms with Crippen molar-refractivity contribution >= 4 is 54.7 Å². The Labute approximate surface area is 275 Å². The van der Waals surface area contributed by atoms with Gasteiger partial charge in [0.2, 0.25) is 0 Å². The number of nitrogen functional groups attached to an aromatic ring is 1. The third kappa shape index (κ3) is 5.85. The van der Waals surface area contributed by atoms with Crippen LogP contribution in [0.15, 0.2) is 18.2 Å². The van der Waals surface area contributed by atoms with Crippen molar-refractivity contribution in [2.24, 2.45) is 11.3 Å². The van der Waals surface area contributed by atoms with Gasteiger partial charge in [-0.3, -0.25) is 0 Å². The fourth-order valence-electron chi connectivity index (χ4n) is 7.23. The molecule has 2 saturated heterocycles. The molecule has 0 amide bonds.